The molecule has 3 aromatic rings. The number of ether oxygens (including phenoxy) is 4. The first kappa shape index (κ1) is 57.4. The lowest BCUT2D eigenvalue weighted by molar-refractivity contribution is -0.171. The quantitative estimate of drug-likeness (QED) is 0.0169. The average Bonchev–Trinajstić information content (AvgIpc) is 3.76. The Balaban J connectivity index is 1.70. The zero-order valence-corrected chi connectivity index (χ0v) is 42.5. The number of nitrogens with one attached hydrogen (secondary N) is 4. The van der Waals surface area contributed by atoms with Gasteiger partial charge in [-0.15, -0.1) is 0 Å². The highest BCUT2D eigenvalue weighted by Crippen LogP contribution is 2.30. The van der Waals surface area contributed by atoms with E-state index >= 15 is 0 Å². The van der Waals surface area contributed by atoms with E-state index in [1.807, 2.05) is 6.92 Å². The molecule has 0 fully saturated rings. The number of carbonyl (C=O) groups excluding carboxylic acids is 8. The van der Waals surface area contributed by atoms with Crippen LogP contribution in [0.3, 0.4) is 0 Å². The van der Waals surface area contributed by atoms with E-state index in [1.165, 1.54) is 30.3 Å². The monoisotopic (exact) mass is 977 g/mol. The third-order valence-electron chi connectivity index (χ3n) is 9.92. The van der Waals surface area contributed by atoms with E-state index in [-0.39, 0.29) is 54.6 Å². The van der Waals surface area contributed by atoms with Crippen molar-refractivity contribution in [2.24, 2.45) is 5.92 Å². The average molecular weight is 978 g/mol. The number of benzene rings is 2. The van der Waals surface area contributed by atoms with Crippen LogP contribution in [-0.2, 0) is 44.8 Å². The van der Waals surface area contributed by atoms with Crippen LogP contribution < -0.4 is 26.0 Å². The van der Waals surface area contributed by atoms with Crippen LogP contribution >= 0.6 is 0 Å². The molecule has 3 rings (SSSR count). The molecule has 70 heavy (non-hydrogen) atoms. The van der Waals surface area contributed by atoms with Crippen molar-refractivity contribution in [1.82, 2.24) is 26.3 Å². The lowest BCUT2D eigenvalue weighted by atomic mass is 9.90. The van der Waals surface area contributed by atoms with E-state index in [9.17, 15) is 38.4 Å². The normalized spacial score (nSPS) is 12.8. The third-order valence-corrected chi connectivity index (χ3v) is 9.92. The first-order valence-corrected chi connectivity index (χ1v) is 23.5. The minimum atomic E-state index is -1.37. The Morgan fingerprint density at radius 1 is 0.743 bits per heavy atom. The molecule has 5 amide bonds. The fourth-order valence-electron chi connectivity index (χ4n) is 6.85. The number of rotatable bonds is 24. The number of nitrogens with zero attached hydrogens (tertiary/aromatic N) is 1. The van der Waals surface area contributed by atoms with Gasteiger partial charge in [-0.2, -0.15) is 5.06 Å². The first-order chi connectivity index (χ1) is 32.8. The second-order valence-corrected chi connectivity index (χ2v) is 19.4. The number of esters is 2. The van der Waals surface area contributed by atoms with Gasteiger partial charge in [-0.3, -0.25) is 24.0 Å². The molecule has 0 aliphatic carbocycles. The summed E-state index contributed by atoms with van der Waals surface area (Å²) in [6.07, 6.45) is 2.21. The van der Waals surface area contributed by atoms with Crippen molar-refractivity contribution >= 4 is 48.1 Å². The number of furan rings is 1. The molecule has 1 heterocycles. The molecular weight excluding hydrogens is 907 g/mol. The number of hydroxylamine groups is 2. The third kappa shape index (κ3) is 19.2. The highest BCUT2D eigenvalue weighted by molar-refractivity contribution is 6.00. The van der Waals surface area contributed by atoms with E-state index in [1.54, 1.807) is 100 Å². The Labute approximate surface area is 410 Å². The second-order valence-electron chi connectivity index (χ2n) is 19.4. The minimum Gasteiger partial charge on any atom is -0.493 e. The Hall–Kier alpha value is -6.92. The van der Waals surface area contributed by atoms with Gasteiger partial charge in [0, 0.05) is 12.1 Å². The van der Waals surface area contributed by atoms with Gasteiger partial charge in [-0.25, -0.2) is 14.4 Å². The van der Waals surface area contributed by atoms with Gasteiger partial charge in [0.1, 0.15) is 34.4 Å². The molecule has 19 nitrogen and oxygen atoms in total. The zero-order valence-electron chi connectivity index (χ0n) is 42.5. The summed E-state index contributed by atoms with van der Waals surface area (Å²) in [4.78, 5) is 110. The van der Waals surface area contributed by atoms with Crippen molar-refractivity contribution in [2.75, 3.05) is 13.3 Å². The molecule has 0 saturated carbocycles. The van der Waals surface area contributed by atoms with Crippen molar-refractivity contribution in [2.45, 2.75) is 157 Å². The van der Waals surface area contributed by atoms with Crippen LogP contribution in [0.2, 0.25) is 0 Å². The topological polar surface area (TPSA) is 247 Å². The summed E-state index contributed by atoms with van der Waals surface area (Å²) in [5.41, 5.74) is -1.08. The zero-order chi connectivity index (χ0) is 52.4. The van der Waals surface area contributed by atoms with Gasteiger partial charge >= 0.3 is 24.0 Å². The summed E-state index contributed by atoms with van der Waals surface area (Å²) in [6, 6.07) is 11.5. The molecule has 0 aliphatic rings. The van der Waals surface area contributed by atoms with E-state index < -0.39 is 82.9 Å². The van der Waals surface area contributed by atoms with Crippen LogP contribution in [0.5, 0.6) is 5.75 Å². The Bertz CT molecular complexity index is 2270. The second kappa shape index (κ2) is 26.2. The molecule has 2 aromatic carbocycles. The van der Waals surface area contributed by atoms with Crippen LogP contribution in [0.25, 0.3) is 11.3 Å². The van der Waals surface area contributed by atoms with Crippen LogP contribution in [-0.4, -0.2) is 95.4 Å². The fraction of sp³-hybridized carbons (Fsp3) is 0.529. The molecule has 0 bridgehead atoms. The summed E-state index contributed by atoms with van der Waals surface area (Å²) in [7, 11) is 0. The molecule has 3 atom stereocenters. The summed E-state index contributed by atoms with van der Waals surface area (Å²) in [6.45, 7) is 20.8. The molecule has 4 N–H and O–H groups in total. The molecule has 1 aromatic heterocycles. The molecular formula is C51H71N5O14. The standard InChI is InChI=1S/C51H71N5O14/c1-13-16-17-18-35(38(14-2)56(31-57)70-46(62)33-21-19-32(20-22-33)29-52-48(64)69-51(10,11)12)43(59)53-30-54-45(61)40-26-25-39(66-40)34-23-24-36(41(27-34)65-15-3)44(60)55-37(47(63)68-50(7,8)9)28-42(58)67-49(4,5)6/h19-27,31,35,37-38H,13-18,28-30H2,1-12H3,(H,52,64)(H,53,59)(H,54,61)(H,55,60). The van der Waals surface area contributed by atoms with Gasteiger partial charge < -0.3 is 49.5 Å². The predicted molar refractivity (Wildman–Crippen MR) is 258 cm³/mol. The largest absolute Gasteiger partial charge is 0.493 e. The smallest absolute Gasteiger partial charge is 0.407 e. The van der Waals surface area contributed by atoms with Crippen LogP contribution in [0.4, 0.5) is 4.79 Å². The van der Waals surface area contributed by atoms with Crippen molar-refractivity contribution in [3.05, 3.63) is 77.0 Å². The predicted octanol–water partition coefficient (Wildman–Crippen LogP) is 7.55. The Morgan fingerprint density at radius 3 is 1.99 bits per heavy atom. The molecule has 19 heteroatoms. The molecule has 3 unspecified atom stereocenters. The molecule has 0 aliphatic heterocycles. The lowest BCUT2D eigenvalue weighted by Crippen LogP contribution is -2.49. The van der Waals surface area contributed by atoms with Crippen LogP contribution in [0.1, 0.15) is 158 Å². The van der Waals surface area contributed by atoms with Gasteiger partial charge in [0.25, 0.3) is 11.8 Å². The summed E-state index contributed by atoms with van der Waals surface area (Å²) in [5.74, 6) is -4.76. The number of carbonyl (C=O) groups is 8. The Morgan fingerprint density at radius 2 is 1.40 bits per heavy atom. The van der Waals surface area contributed by atoms with Crippen molar-refractivity contribution < 1.29 is 66.6 Å². The number of hydrogen-bond acceptors (Lipinski definition) is 14. The molecule has 0 spiro atoms. The summed E-state index contributed by atoms with van der Waals surface area (Å²) >= 11 is 0. The summed E-state index contributed by atoms with van der Waals surface area (Å²) < 4.78 is 27.8. The van der Waals surface area contributed by atoms with Gasteiger partial charge in [-0.05, 0) is 124 Å². The van der Waals surface area contributed by atoms with Gasteiger partial charge in [0.15, 0.2) is 5.76 Å². The van der Waals surface area contributed by atoms with Crippen LogP contribution in [0, 0.1) is 5.92 Å². The SMILES string of the molecule is CCCCCC(C(=O)NCNC(=O)c1ccc(-c2ccc(C(=O)NC(CC(=O)OC(C)(C)C)C(=O)OC(C)(C)C)c(OCC)c2)o1)C(CC)N(C=O)OC(=O)c1ccc(CNC(=O)OC(C)(C)C)cc1. The maximum atomic E-state index is 13.8. The van der Waals surface area contributed by atoms with E-state index in [0.717, 1.165) is 17.9 Å². The maximum Gasteiger partial charge on any atom is 0.407 e. The highest BCUT2D eigenvalue weighted by Gasteiger charge is 2.35. The van der Waals surface area contributed by atoms with E-state index in [2.05, 4.69) is 21.3 Å². The summed E-state index contributed by atoms with van der Waals surface area (Å²) in [5, 5.41) is 11.4. The van der Waals surface area contributed by atoms with E-state index in [0.29, 0.717) is 30.4 Å². The fourth-order valence-corrected chi connectivity index (χ4v) is 6.85. The number of unbranched alkanes of at least 4 members (excludes halogenated alkanes) is 2. The first-order valence-electron chi connectivity index (χ1n) is 23.5. The molecule has 0 saturated heterocycles. The Kier molecular flexibility index (Phi) is 21.5. The number of hydrogen-bond donors (Lipinski definition) is 4. The van der Waals surface area contributed by atoms with E-state index in [4.69, 9.17) is 28.2 Å². The lowest BCUT2D eigenvalue weighted by Gasteiger charge is -2.31. The van der Waals surface area contributed by atoms with Crippen LogP contribution in [0.15, 0.2) is 59.0 Å². The maximum absolute atomic E-state index is 13.8. The van der Waals surface area contributed by atoms with Gasteiger partial charge in [0.2, 0.25) is 12.3 Å². The highest BCUT2D eigenvalue weighted by atomic mass is 16.7. The minimum absolute atomic E-state index is 0.0498. The van der Waals surface area contributed by atoms with Crippen molar-refractivity contribution in [1.29, 1.82) is 0 Å². The number of amides is 5. The van der Waals surface area contributed by atoms with Gasteiger partial charge in [0.05, 0.1) is 42.8 Å². The number of alkyl carbamates (subject to hydrolysis) is 1. The molecule has 384 valence electrons. The van der Waals surface area contributed by atoms with Crippen molar-refractivity contribution in [3.63, 3.8) is 0 Å². The van der Waals surface area contributed by atoms with Crippen molar-refractivity contribution in [3.8, 4) is 17.1 Å². The van der Waals surface area contributed by atoms with Gasteiger partial charge in [-0.1, -0.05) is 51.3 Å². The molecule has 0 radical (unpaired) electrons.